The fraction of sp³-hybridized carbons (Fsp3) is 0. The number of hydrogen-bond donors (Lipinski definition) is 0. The number of terminal acetylenes is 2. The van der Waals surface area contributed by atoms with Gasteiger partial charge in [0, 0.05) is 11.1 Å². The zero-order valence-electron chi connectivity index (χ0n) is 10.1. The molecule has 0 radical (unpaired) electrons. The van der Waals surface area contributed by atoms with E-state index in [1.54, 1.807) is 48.5 Å². The highest BCUT2D eigenvalue weighted by molar-refractivity contribution is 5.91. The van der Waals surface area contributed by atoms with Crippen LogP contribution in [-0.4, -0.2) is 5.97 Å². The molecule has 0 aromatic heterocycles. The molecule has 0 fully saturated rings. The monoisotopic (exact) mass is 246 g/mol. The molecule has 2 rings (SSSR count). The first-order valence-electron chi connectivity index (χ1n) is 5.58. The summed E-state index contributed by atoms with van der Waals surface area (Å²) in [4.78, 5) is 11.9. The quantitative estimate of drug-likeness (QED) is 0.462. The maximum absolute atomic E-state index is 11.9. The van der Waals surface area contributed by atoms with E-state index < -0.39 is 5.97 Å². The van der Waals surface area contributed by atoms with Crippen molar-refractivity contribution in [1.82, 2.24) is 0 Å². The zero-order valence-corrected chi connectivity index (χ0v) is 10.1. The molecule has 0 heterocycles. The van der Waals surface area contributed by atoms with Crippen LogP contribution in [0.2, 0.25) is 0 Å². The van der Waals surface area contributed by atoms with Gasteiger partial charge in [-0.2, -0.15) is 0 Å². The summed E-state index contributed by atoms with van der Waals surface area (Å²) in [6, 6.07) is 13.4. The molecule has 0 amide bonds. The second-order valence-corrected chi connectivity index (χ2v) is 3.78. The van der Waals surface area contributed by atoms with Crippen LogP contribution in [-0.2, 0) is 0 Å². The van der Waals surface area contributed by atoms with E-state index in [1.165, 1.54) is 0 Å². The normalized spacial score (nSPS) is 9.16. The first kappa shape index (κ1) is 12.5. The highest BCUT2D eigenvalue weighted by atomic mass is 16.5. The third kappa shape index (κ3) is 3.03. The summed E-state index contributed by atoms with van der Waals surface area (Å²) in [6.07, 6.45) is 10.5. The highest BCUT2D eigenvalue weighted by Crippen LogP contribution is 2.14. The van der Waals surface area contributed by atoms with Crippen molar-refractivity contribution in [3.8, 4) is 30.4 Å². The van der Waals surface area contributed by atoms with Crippen LogP contribution in [0.15, 0.2) is 48.5 Å². The number of carbonyl (C=O) groups excluding carboxylic acids is 1. The van der Waals surface area contributed by atoms with Crippen molar-refractivity contribution < 1.29 is 9.53 Å². The van der Waals surface area contributed by atoms with Gasteiger partial charge in [-0.15, -0.1) is 12.8 Å². The lowest BCUT2D eigenvalue weighted by Gasteiger charge is -2.04. The molecule has 0 aliphatic carbocycles. The van der Waals surface area contributed by atoms with Gasteiger partial charge in [0.05, 0.1) is 5.56 Å². The molecule has 0 spiro atoms. The third-order valence-electron chi connectivity index (χ3n) is 2.52. The Kier molecular flexibility index (Phi) is 3.67. The van der Waals surface area contributed by atoms with Crippen molar-refractivity contribution in [2.45, 2.75) is 0 Å². The Bertz CT molecular complexity index is 665. The van der Waals surface area contributed by atoms with E-state index in [-0.39, 0.29) is 0 Å². The summed E-state index contributed by atoms with van der Waals surface area (Å²) in [7, 11) is 0. The van der Waals surface area contributed by atoms with E-state index in [4.69, 9.17) is 17.6 Å². The molecule has 2 nitrogen and oxygen atoms in total. The molecule has 0 bridgehead atoms. The topological polar surface area (TPSA) is 26.3 Å². The van der Waals surface area contributed by atoms with Crippen LogP contribution in [0.4, 0.5) is 0 Å². The van der Waals surface area contributed by atoms with Gasteiger partial charge in [-0.25, -0.2) is 4.79 Å². The van der Waals surface area contributed by atoms with Gasteiger partial charge in [0.15, 0.2) is 0 Å². The van der Waals surface area contributed by atoms with E-state index >= 15 is 0 Å². The van der Waals surface area contributed by atoms with Gasteiger partial charge in [0.25, 0.3) is 0 Å². The predicted molar refractivity (Wildman–Crippen MR) is 73.7 cm³/mol. The molecule has 19 heavy (non-hydrogen) atoms. The Morgan fingerprint density at radius 2 is 1.32 bits per heavy atom. The first-order valence-corrected chi connectivity index (χ1v) is 5.58. The summed E-state index contributed by atoms with van der Waals surface area (Å²) < 4.78 is 5.21. The minimum atomic E-state index is -0.433. The number of ether oxygens (including phenoxy) is 1. The highest BCUT2D eigenvalue weighted by Gasteiger charge is 2.07. The number of esters is 1. The van der Waals surface area contributed by atoms with Crippen LogP contribution in [0.25, 0.3) is 0 Å². The summed E-state index contributed by atoms with van der Waals surface area (Å²) >= 11 is 0. The second-order valence-electron chi connectivity index (χ2n) is 3.78. The van der Waals surface area contributed by atoms with Crippen molar-refractivity contribution in [2.24, 2.45) is 0 Å². The van der Waals surface area contributed by atoms with E-state index in [0.717, 1.165) is 11.1 Å². The Balaban J connectivity index is 2.11. The fourth-order valence-corrected chi connectivity index (χ4v) is 1.49. The average molecular weight is 246 g/mol. The van der Waals surface area contributed by atoms with Crippen molar-refractivity contribution in [2.75, 3.05) is 0 Å². The molecule has 2 heteroatoms. The molecule has 2 aromatic carbocycles. The lowest BCUT2D eigenvalue weighted by Crippen LogP contribution is -2.08. The van der Waals surface area contributed by atoms with Crippen LogP contribution < -0.4 is 4.74 Å². The zero-order chi connectivity index (χ0) is 13.7. The Morgan fingerprint density at radius 1 is 0.842 bits per heavy atom. The minimum absolute atomic E-state index is 0.433. The molecular formula is C17H10O2. The van der Waals surface area contributed by atoms with Gasteiger partial charge in [-0.1, -0.05) is 11.8 Å². The number of benzene rings is 2. The minimum Gasteiger partial charge on any atom is -0.423 e. The number of hydrogen-bond acceptors (Lipinski definition) is 2. The molecular weight excluding hydrogens is 236 g/mol. The SMILES string of the molecule is C#Cc1ccc(OC(=O)c2ccc(C#C)cc2)cc1. The summed E-state index contributed by atoms with van der Waals surface area (Å²) in [5.74, 6) is 4.99. The smallest absolute Gasteiger partial charge is 0.343 e. The van der Waals surface area contributed by atoms with E-state index in [2.05, 4.69) is 11.8 Å². The maximum Gasteiger partial charge on any atom is 0.343 e. The van der Waals surface area contributed by atoms with Gasteiger partial charge in [0.1, 0.15) is 5.75 Å². The Hall–Kier alpha value is -2.97. The lowest BCUT2D eigenvalue weighted by molar-refractivity contribution is 0.0735. The van der Waals surface area contributed by atoms with Crippen molar-refractivity contribution in [1.29, 1.82) is 0 Å². The predicted octanol–water partition coefficient (Wildman–Crippen LogP) is 2.87. The molecule has 0 unspecified atom stereocenters. The summed E-state index contributed by atoms with van der Waals surface area (Å²) in [6.45, 7) is 0. The average Bonchev–Trinajstić information content (AvgIpc) is 2.48. The van der Waals surface area contributed by atoms with Crippen molar-refractivity contribution >= 4 is 5.97 Å². The van der Waals surface area contributed by atoms with Crippen LogP contribution >= 0.6 is 0 Å². The van der Waals surface area contributed by atoms with Crippen molar-refractivity contribution in [3.63, 3.8) is 0 Å². The molecule has 0 aliphatic rings. The summed E-state index contributed by atoms with van der Waals surface area (Å²) in [5.41, 5.74) is 1.90. The molecule has 0 saturated heterocycles. The molecule has 0 aliphatic heterocycles. The molecule has 90 valence electrons. The van der Waals surface area contributed by atoms with Crippen molar-refractivity contribution in [3.05, 3.63) is 65.2 Å². The largest absolute Gasteiger partial charge is 0.423 e. The third-order valence-corrected chi connectivity index (χ3v) is 2.52. The molecule has 0 saturated carbocycles. The van der Waals surface area contributed by atoms with Gasteiger partial charge < -0.3 is 4.74 Å². The Labute approximate surface area is 112 Å². The van der Waals surface area contributed by atoms with E-state index in [1.807, 2.05) is 0 Å². The lowest BCUT2D eigenvalue weighted by atomic mass is 10.1. The molecule has 2 aromatic rings. The van der Waals surface area contributed by atoms with Crippen LogP contribution in [0, 0.1) is 24.7 Å². The maximum atomic E-state index is 11.9. The molecule has 0 atom stereocenters. The standard InChI is InChI=1S/C17H10O2/c1-3-13-5-9-15(10-6-13)17(18)19-16-11-7-14(4-2)8-12-16/h1-2,5-12H. The fourth-order valence-electron chi connectivity index (χ4n) is 1.49. The number of carbonyl (C=O) groups is 1. The second kappa shape index (κ2) is 5.58. The molecule has 0 N–H and O–H groups in total. The summed E-state index contributed by atoms with van der Waals surface area (Å²) in [5, 5.41) is 0. The Morgan fingerprint density at radius 3 is 1.79 bits per heavy atom. The van der Waals surface area contributed by atoms with Gasteiger partial charge in [-0.3, -0.25) is 0 Å². The van der Waals surface area contributed by atoms with Gasteiger partial charge in [-0.05, 0) is 48.5 Å². The van der Waals surface area contributed by atoms with Crippen LogP contribution in [0.5, 0.6) is 5.75 Å². The first-order chi connectivity index (χ1) is 9.22. The van der Waals surface area contributed by atoms with Crippen LogP contribution in [0.3, 0.4) is 0 Å². The van der Waals surface area contributed by atoms with Gasteiger partial charge >= 0.3 is 5.97 Å². The number of rotatable bonds is 2. The van der Waals surface area contributed by atoms with E-state index in [9.17, 15) is 4.79 Å². The van der Waals surface area contributed by atoms with Crippen LogP contribution in [0.1, 0.15) is 21.5 Å². The van der Waals surface area contributed by atoms with E-state index in [0.29, 0.717) is 11.3 Å². The van der Waals surface area contributed by atoms with Gasteiger partial charge in [0.2, 0.25) is 0 Å².